The Hall–Kier alpha value is -2.75. The third kappa shape index (κ3) is 2.44. The van der Waals surface area contributed by atoms with Gasteiger partial charge in [-0.2, -0.15) is 0 Å². The molecule has 0 bridgehead atoms. The van der Waals surface area contributed by atoms with Gasteiger partial charge >= 0.3 is 0 Å². The smallest absolute Gasteiger partial charge is 0.211 e. The number of carbonyl (C=O) groups is 1. The van der Waals surface area contributed by atoms with Crippen molar-refractivity contribution in [3.05, 3.63) is 59.3 Å². The van der Waals surface area contributed by atoms with E-state index in [1.807, 2.05) is 67.5 Å². The zero-order valence-electron chi connectivity index (χ0n) is 12.9. The van der Waals surface area contributed by atoms with Crippen molar-refractivity contribution < 1.29 is 9.53 Å². The zero-order chi connectivity index (χ0) is 15.7. The second-order valence-corrected chi connectivity index (χ2v) is 5.38. The van der Waals surface area contributed by atoms with Gasteiger partial charge in [0.05, 0.1) is 12.8 Å². The monoisotopic (exact) mass is 294 g/mol. The van der Waals surface area contributed by atoms with Gasteiger partial charge in [0.2, 0.25) is 5.78 Å². The molecule has 4 nitrogen and oxygen atoms in total. The number of hydrogen-bond acceptors (Lipinski definition) is 4. The molecule has 22 heavy (non-hydrogen) atoms. The van der Waals surface area contributed by atoms with Crippen LogP contribution in [0.3, 0.4) is 0 Å². The van der Waals surface area contributed by atoms with E-state index in [9.17, 15) is 4.79 Å². The molecule has 1 N–H and O–H groups in total. The normalized spacial score (nSPS) is 14.7. The molecule has 3 rings (SSSR count). The summed E-state index contributed by atoms with van der Waals surface area (Å²) < 4.78 is 5.45. The quantitative estimate of drug-likeness (QED) is 0.881. The van der Waals surface area contributed by atoms with Crippen molar-refractivity contribution in [1.29, 1.82) is 0 Å². The standard InChI is InChI=1S/C18H18N2O2/c1-20(2)13-9-8-12(17(11-13)22-3)10-16-18(21)14-6-4-5-7-15(14)19-16/h4-11,19H,1-3H3/b16-10-. The van der Waals surface area contributed by atoms with E-state index in [1.165, 1.54) is 0 Å². The van der Waals surface area contributed by atoms with Gasteiger partial charge in [-0.3, -0.25) is 4.79 Å². The van der Waals surface area contributed by atoms with Crippen LogP contribution < -0.4 is 15.0 Å². The molecule has 2 aromatic rings. The fraction of sp³-hybridized carbons (Fsp3) is 0.167. The van der Waals surface area contributed by atoms with Crippen LogP contribution in [0.5, 0.6) is 5.75 Å². The molecule has 2 aromatic carbocycles. The number of rotatable bonds is 3. The number of nitrogens with one attached hydrogen (secondary N) is 1. The van der Waals surface area contributed by atoms with E-state index in [0.717, 1.165) is 22.7 Å². The third-order valence-corrected chi connectivity index (χ3v) is 3.72. The van der Waals surface area contributed by atoms with E-state index in [2.05, 4.69) is 5.32 Å². The Morgan fingerprint density at radius 1 is 1.14 bits per heavy atom. The molecule has 0 spiro atoms. The number of ether oxygens (including phenoxy) is 1. The highest BCUT2D eigenvalue weighted by atomic mass is 16.5. The average molecular weight is 294 g/mol. The number of hydrogen-bond donors (Lipinski definition) is 1. The zero-order valence-corrected chi connectivity index (χ0v) is 12.9. The molecule has 0 radical (unpaired) electrons. The van der Waals surface area contributed by atoms with Crippen LogP contribution in [-0.2, 0) is 0 Å². The maximum Gasteiger partial charge on any atom is 0.211 e. The van der Waals surface area contributed by atoms with Gasteiger partial charge in [0.15, 0.2) is 0 Å². The molecule has 1 heterocycles. The molecule has 0 aliphatic carbocycles. The lowest BCUT2D eigenvalue weighted by Crippen LogP contribution is -2.08. The fourth-order valence-corrected chi connectivity index (χ4v) is 2.49. The molecule has 1 aliphatic rings. The van der Waals surface area contributed by atoms with Gasteiger partial charge in [0, 0.05) is 42.7 Å². The second-order valence-electron chi connectivity index (χ2n) is 5.38. The van der Waals surface area contributed by atoms with Crippen molar-refractivity contribution >= 4 is 23.2 Å². The Labute approximate surface area is 130 Å². The first-order chi connectivity index (χ1) is 10.6. The summed E-state index contributed by atoms with van der Waals surface area (Å²) in [4.78, 5) is 14.4. The lowest BCUT2D eigenvalue weighted by atomic mass is 10.1. The van der Waals surface area contributed by atoms with Gasteiger partial charge in [0.25, 0.3) is 0 Å². The van der Waals surface area contributed by atoms with Crippen LogP contribution in [0.2, 0.25) is 0 Å². The number of para-hydroxylation sites is 1. The molecule has 0 unspecified atom stereocenters. The second kappa shape index (κ2) is 5.56. The summed E-state index contributed by atoms with van der Waals surface area (Å²) in [5.74, 6) is 0.749. The number of Topliss-reactive ketones (excluding diaryl/α,β-unsaturated/α-hetero) is 1. The lowest BCUT2D eigenvalue weighted by Gasteiger charge is -2.15. The predicted octanol–water partition coefficient (Wildman–Crippen LogP) is 3.41. The molecule has 1 aliphatic heterocycles. The van der Waals surface area contributed by atoms with Crippen LogP contribution >= 0.6 is 0 Å². The lowest BCUT2D eigenvalue weighted by molar-refractivity contribution is 0.104. The first-order valence-electron chi connectivity index (χ1n) is 7.08. The highest BCUT2D eigenvalue weighted by Crippen LogP contribution is 2.31. The number of ketones is 1. The van der Waals surface area contributed by atoms with E-state index in [4.69, 9.17) is 4.74 Å². The van der Waals surface area contributed by atoms with Gasteiger partial charge in [-0.25, -0.2) is 0 Å². The van der Waals surface area contributed by atoms with Crippen LogP contribution in [0.1, 0.15) is 15.9 Å². The summed E-state index contributed by atoms with van der Waals surface area (Å²) in [6, 6.07) is 13.4. The highest BCUT2D eigenvalue weighted by molar-refractivity contribution is 6.20. The van der Waals surface area contributed by atoms with Crippen LogP contribution in [0.15, 0.2) is 48.2 Å². The summed E-state index contributed by atoms with van der Waals surface area (Å²) in [7, 11) is 5.59. The van der Waals surface area contributed by atoms with Gasteiger partial charge in [-0.15, -0.1) is 0 Å². The summed E-state index contributed by atoms with van der Waals surface area (Å²) in [5.41, 5.74) is 4.04. The van der Waals surface area contributed by atoms with Crippen LogP contribution in [0.25, 0.3) is 6.08 Å². The summed E-state index contributed by atoms with van der Waals surface area (Å²) in [6.07, 6.45) is 1.83. The number of carbonyl (C=O) groups excluding carboxylic acids is 1. The minimum atomic E-state index is 0.00865. The van der Waals surface area contributed by atoms with Crippen molar-refractivity contribution in [1.82, 2.24) is 0 Å². The number of allylic oxidation sites excluding steroid dienone is 1. The Kier molecular flexibility index (Phi) is 3.59. The molecule has 0 aromatic heterocycles. The molecular weight excluding hydrogens is 276 g/mol. The van der Waals surface area contributed by atoms with Crippen molar-refractivity contribution in [3.8, 4) is 5.75 Å². The molecule has 0 saturated heterocycles. The summed E-state index contributed by atoms with van der Waals surface area (Å²) in [6.45, 7) is 0. The number of methoxy groups -OCH3 is 1. The van der Waals surface area contributed by atoms with E-state index >= 15 is 0 Å². The van der Waals surface area contributed by atoms with Crippen molar-refractivity contribution in [2.45, 2.75) is 0 Å². The first-order valence-corrected chi connectivity index (χ1v) is 7.08. The van der Waals surface area contributed by atoms with Crippen molar-refractivity contribution in [2.24, 2.45) is 0 Å². The SMILES string of the molecule is COc1cc(N(C)C)ccc1/C=C1\Nc2ccccc2C1=O. The summed E-state index contributed by atoms with van der Waals surface area (Å²) in [5, 5.41) is 3.17. The van der Waals surface area contributed by atoms with Crippen LogP contribution in [0.4, 0.5) is 11.4 Å². The third-order valence-electron chi connectivity index (χ3n) is 3.72. The number of benzene rings is 2. The molecule has 0 saturated carbocycles. The maximum absolute atomic E-state index is 12.4. The van der Waals surface area contributed by atoms with Gasteiger partial charge in [0.1, 0.15) is 5.75 Å². The molecule has 0 amide bonds. The largest absolute Gasteiger partial charge is 0.496 e. The topological polar surface area (TPSA) is 41.6 Å². The van der Waals surface area contributed by atoms with Crippen LogP contribution in [0, 0.1) is 0 Å². The molecule has 0 fully saturated rings. The van der Waals surface area contributed by atoms with E-state index in [-0.39, 0.29) is 5.78 Å². The van der Waals surface area contributed by atoms with Gasteiger partial charge in [-0.05, 0) is 30.3 Å². The van der Waals surface area contributed by atoms with E-state index in [0.29, 0.717) is 11.3 Å². The highest BCUT2D eigenvalue weighted by Gasteiger charge is 2.24. The Morgan fingerprint density at radius 2 is 1.91 bits per heavy atom. The predicted molar refractivity (Wildman–Crippen MR) is 89.7 cm³/mol. The molecule has 0 atom stereocenters. The number of anilines is 2. The Balaban J connectivity index is 1.98. The van der Waals surface area contributed by atoms with Gasteiger partial charge in [-0.1, -0.05) is 12.1 Å². The van der Waals surface area contributed by atoms with Gasteiger partial charge < -0.3 is 15.0 Å². The number of fused-ring (bicyclic) bond motifs is 1. The van der Waals surface area contributed by atoms with E-state index in [1.54, 1.807) is 7.11 Å². The van der Waals surface area contributed by atoms with Crippen LogP contribution in [-0.4, -0.2) is 27.0 Å². The fourth-order valence-electron chi connectivity index (χ4n) is 2.49. The molecule has 4 heteroatoms. The Morgan fingerprint density at radius 3 is 2.59 bits per heavy atom. The Bertz CT molecular complexity index is 763. The minimum Gasteiger partial charge on any atom is -0.496 e. The summed E-state index contributed by atoms with van der Waals surface area (Å²) >= 11 is 0. The average Bonchev–Trinajstić information content (AvgIpc) is 2.84. The maximum atomic E-state index is 12.4. The van der Waals surface area contributed by atoms with Crippen molar-refractivity contribution in [3.63, 3.8) is 0 Å². The minimum absolute atomic E-state index is 0.00865. The van der Waals surface area contributed by atoms with E-state index < -0.39 is 0 Å². The number of nitrogens with zero attached hydrogens (tertiary/aromatic N) is 1. The molecular formula is C18H18N2O2. The molecule has 112 valence electrons. The first kappa shape index (κ1) is 14.2. The van der Waals surface area contributed by atoms with Crippen molar-refractivity contribution in [2.75, 3.05) is 31.4 Å².